The third-order valence-corrected chi connectivity index (χ3v) is 7.42. The first-order valence-corrected chi connectivity index (χ1v) is 12.1. The number of anilines is 1. The molecule has 0 bridgehead atoms. The van der Waals surface area contributed by atoms with Crippen LogP contribution in [0.5, 0.6) is 5.88 Å². The van der Waals surface area contributed by atoms with Crippen molar-refractivity contribution in [2.45, 2.75) is 32.7 Å². The van der Waals surface area contributed by atoms with Gasteiger partial charge in [-0.2, -0.15) is 4.52 Å². The van der Waals surface area contributed by atoms with Crippen LogP contribution < -0.4 is 4.90 Å². The largest absolute Gasteiger partial charge is 0.492 e. The zero-order chi connectivity index (χ0) is 23.1. The molecule has 2 aromatic carbocycles. The Hall–Kier alpha value is -2.97. The van der Waals surface area contributed by atoms with E-state index in [1.54, 1.807) is 4.52 Å². The molecule has 172 valence electrons. The van der Waals surface area contributed by atoms with Crippen molar-refractivity contribution >= 4 is 22.0 Å². The van der Waals surface area contributed by atoms with E-state index in [0.717, 1.165) is 42.3 Å². The van der Waals surface area contributed by atoms with Crippen LogP contribution in [0.3, 0.4) is 0 Å². The molecule has 6 nitrogen and oxygen atoms in total. The van der Waals surface area contributed by atoms with Crippen LogP contribution in [0.15, 0.2) is 48.5 Å². The number of fused-ring (bicyclic) bond motifs is 1. The number of piperazine rings is 1. The Kier molecular flexibility index (Phi) is 5.80. The van der Waals surface area contributed by atoms with Gasteiger partial charge >= 0.3 is 0 Å². The molecule has 8 heteroatoms. The zero-order valence-corrected chi connectivity index (χ0v) is 19.9. The third-order valence-electron chi connectivity index (χ3n) is 6.34. The van der Waals surface area contributed by atoms with Crippen molar-refractivity contribution in [2.75, 3.05) is 31.1 Å². The first-order valence-electron chi connectivity index (χ1n) is 11.3. The first-order chi connectivity index (χ1) is 15.9. The van der Waals surface area contributed by atoms with Crippen molar-refractivity contribution in [2.24, 2.45) is 0 Å². The molecule has 1 aliphatic rings. The fourth-order valence-electron chi connectivity index (χ4n) is 4.51. The summed E-state index contributed by atoms with van der Waals surface area (Å²) in [6, 6.07) is 15.3. The van der Waals surface area contributed by atoms with Crippen molar-refractivity contribution in [3.63, 3.8) is 0 Å². The van der Waals surface area contributed by atoms with E-state index in [9.17, 15) is 9.50 Å². The molecule has 5 rings (SSSR count). The van der Waals surface area contributed by atoms with Gasteiger partial charge in [-0.3, -0.25) is 4.90 Å². The normalized spacial score (nSPS) is 16.1. The maximum atomic E-state index is 13.3. The van der Waals surface area contributed by atoms with Crippen LogP contribution in [0.25, 0.3) is 4.96 Å². The van der Waals surface area contributed by atoms with Gasteiger partial charge in [-0.25, -0.2) is 9.37 Å². The number of aryl methyl sites for hydroxylation is 1. The van der Waals surface area contributed by atoms with Crippen molar-refractivity contribution in [1.29, 1.82) is 0 Å². The van der Waals surface area contributed by atoms with Gasteiger partial charge in [0, 0.05) is 31.9 Å². The molecule has 33 heavy (non-hydrogen) atoms. The van der Waals surface area contributed by atoms with Gasteiger partial charge < -0.3 is 10.0 Å². The number of hydrogen-bond donors (Lipinski definition) is 1. The van der Waals surface area contributed by atoms with Crippen molar-refractivity contribution in [3.05, 3.63) is 76.2 Å². The minimum atomic E-state index is -0.218. The highest BCUT2D eigenvalue weighted by Crippen LogP contribution is 2.40. The number of rotatable bonds is 5. The highest BCUT2D eigenvalue weighted by Gasteiger charge is 2.31. The number of hydrogen-bond acceptors (Lipinski definition) is 6. The molecule has 0 amide bonds. The molecule has 0 aliphatic carbocycles. The molecule has 3 heterocycles. The van der Waals surface area contributed by atoms with Crippen molar-refractivity contribution < 1.29 is 9.50 Å². The van der Waals surface area contributed by atoms with Crippen LogP contribution in [-0.2, 0) is 0 Å². The summed E-state index contributed by atoms with van der Waals surface area (Å²) in [6.07, 6.45) is 0. The topological polar surface area (TPSA) is 56.9 Å². The second-order valence-electron chi connectivity index (χ2n) is 8.87. The predicted octanol–water partition coefficient (Wildman–Crippen LogP) is 4.98. The standard InChI is InChI=1S/C25H28FN5OS/c1-16(2)18-4-6-19(7-5-18)22(23-24(32)31-25(33-23)27-17(3)28-31)30-14-12-29(13-15-30)21-10-8-20(26)9-11-21/h4-11,16,22,32H,12-15H2,1-3H3. The van der Waals surface area contributed by atoms with Gasteiger partial charge in [0.05, 0.1) is 10.9 Å². The van der Waals surface area contributed by atoms with E-state index < -0.39 is 0 Å². The fourth-order valence-corrected chi connectivity index (χ4v) is 5.67. The Balaban J connectivity index is 1.46. The lowest BCUT2D eigenvalue weighted by Crippen LogP contribution is -2.47. The lowest BCUT2D eigenvalue weighted by molar-refractivity contribution is 0.211. The minimum absolute atomic E-state index is 0.0876. The number of nitrogens with zero attached hydrogens (tertiary/aromatic N) is 5. The summed E-state index contributed by atoms with van der Waals surface area (Å²) in [5.74, 6) is 1.05. The van der Waals surface area contributed by atoms with E-state index in [4.69, 9.17) is 0 Å². The number of halogens is 1. The van der Waals surface area contributed by atoms with Gasteiger partial charge in [0.15, 0.2) is 0 Å². The van der Waals surface area contributed by atoms with Gasteiger partial charge in [0.1, 0.15) is 11.6 Å². The Labute approximate surface area is 196 Å². The smallest absolute Gasteiger partial charge is 0.230 e. The number of aromatic nitrogens is 3. The molecule has 4 aromatic rings. The van der Waals surface area contributed by atoms with Crippen LogP contribution in [0.4, 0.5) is 10.1 Å². The third kappa shape index (κ3) is 4.20. The molecular weight excluding hydrogens is 437 g/mol. The molecule has 1 aliphatic heterocycles. The fraction of sp³-hybridized carbons (Fsp3) is 0.360. The number of thiazole rings is 1. The molecule has 1 unspecified atom stereocenters. The molecule has 2 aromatic heterocycles. The summed E-state index contributed by atoms with van der Waals surface area (Å²) < 4.78 is 14.9. The Morgan fingerprint density at radius 3 is 2.18 bits per heavy atom. The average molecular weight is 466 g/mol. The summed E-state index contributed by atoms with van der Waals surface area (Å²) >= 11 is 1.49. The van der Waals surface area contributed by atoms with Crippen LogP contribution in [-0.4, -0.2) is 50.8 Å². The molecule has 0 spiro atoms. The molecule has 1 saturated heterocycles. The highest BCUT2D eigenvalue weighted by molar-refractivity contribution is 7.17. The van der Waals surface area contributed by atoms with E-state index in [2.05, 4.69) is 58.0 Å². The molecule has 1 atom stereocenters. The minimum Gasteiger partial charge on any atom is -0.492 e. The first kappa shape index (κ1) is 21.9. The summed E-state index contributed by atoms with van der Waals surface area (Å²) in [7, 11) is 0. The summed E-state index contributed by atoms with van der Waals surface area (Å²) in [5.41, 5.74) is 3.47. The van der Waals surface area contributed by atoms with E-state index in [1.165, 1.54) is 29.0 Å². The van der Waals surface area contributed by atoms with Gasteiger partial charge in [0.2, 0.25) is 10.8 Å². The predicted molar refractivity (Wildman–Crippen MR) is 130 cm³/mol. The van der Waals surface area contributed by atoms with Gasteiger partial charge in [-0.1, -0.05) is 49.4 Å². The number of benzene rings is 2. The zero-order valence-electron chi connectivity index (χ0n) is 19.1. The van der Waals surface area contributed by atoms with Crippen molar-refractivity contribution in [3.8, 4) is 5.88 Å². The van der Waals surface area contributed by atoms with E-state index in [1.807, 2.05) is 19.1 Å². The molecule has 1 fully saturated rings. The van der Waals surface area contributed by atoms with Crippen molar-refractivity contribution in [1.82, 2.24) is 19.5 Å². The molecule has 0 radical (unpaired) electrons. The van der Waals surface area contributed by atoms with Crippen LogP contribution >= 0.6 is 11.3 Å². The highest BCUT2D eigenvalue weighted by atomic mass is 32.1. The number of aromatic hydroxyl groups is 1. The molecular formula is C25H28FN5OS. The Bertz CT molecular complexity index is 1240. The quantitative estimate of drug-likeness (QED) is 0.451. The second kappa shape index (κ2) is 8.76. The maximum Gasteiger partial charge on any atom is 0.230 e. The summed E-state index contributed by atoms with van der Waals surface area (Å²) in [5, 5.41) is 15.4. The van der Waals surface area contributed by atoms with Crippen LogP contribution in [0.1, 0.15) is 47.6 Å². The summed E-state index contributed by atoms with van der Waals surface area (Å²) in [6.45, 7) is 9.50. The average Bonchev–Trinajstić information content (AvgIpc) is 3.32. The van der Waals surface area contributed by atoms with Gasteiger partial charge in [-0.15, -0.1) is 5.10 Å². The lowest BCUT2D eigenvalue weighted by Gasteiger charge is -2.40. The molecule has 1 N–H and O–H groups in total. The van der Waals surface area contributed by atoms with Gasteiger partial charge in [-0.05, 0) is 48.2 Å². The monoisotopic (exact) mass is 465 g/mol. The molecule has 0 saturated carbocycles. The summed E-state index contributed by atoms with van der Waals surface area (Å²) in [4.78, 5) is 10.7. The van der Waals surface area contributed by atoms with Crippen LogP contribution in [0, 0.1) is 12.7 Å². The Morgan fingerprint density at radius 2 is 1.58 bits per heavy atom. The van der Waals surface area contributed by atoms with E-state index in [0.29, 0.717) is 16.7 Å². The lowest BCUT2D eigenvalue weighted by atomic mass is 9.97. The van der Waals surface area contributed by atoms with Gasteiger partial charge in [0.25, 0.3) is 0 Å². The maximum absolute atomic E-state index is 13.3. The Morgan fingerprint density at radius 1 is 0.939 bits per heavy atom. The SMILES string of the molecule is Cc1nc2sc(C(c3ccc(C(C)C)cc3)N3CCN(c4ccc(F)cc4)CC3)c(O)n2n1. The second-order valence-corrected chi connectivity index (χ2v) is 9.88. The van der Waals surface area contributed by atoms with Crippen LogP contribution in [0.2, 0.25) is 0 Å². The van der Waals surface area contributed by atoms with E-state index >= 15 is 0 Å². The van der Waals surface area contributed by atoms with E-state index in [-0.39, 0.29) is 17.7 Å².